The van der Waals surface area contributed by atoms with Crippen molar-refractivity contribution in [1.29, 1.82) is 0 Å². The van der Waals surface area contributed by atoms with Gasteiger partial charge in [0.1, 0.15) is 0 Å². The van der Waals surface area contributed by atoms with Gasteiger partial charge in [-0.15, -0.1) is 0 Å². The molecule has 0 saturated heterocycles. The molecule has 0 aromatic rings. The molecule has 0 radical (unpaired) electrons. The van der Waals surface area contributed by atoms with Gasteiger partial charge in [0.05, 0.1) is 5.60 Å². The van der Waals surface area contributed by atoms with Crippen LogP contribution in [-0.2, 0) is 9.47 Å². The number of rotatable bonds is 7. The Morgan fingerprint density at radius 1 is 1.19 bits per heavy atom. The lowest BCUT2D eigenvalue weighted by atomic mass is 9.77. The molecule has 1 fully saturated rings. The number of ether oxygens (including phenoxy) is 2. The van der Waals surface area contributed by atoms with Gasteiger partial charge in [0.25, 0.3) is 0 Å². The van der Waals surface area contributed by atoms with Gasteiger partial charge in [-0.2, -0.15) is 0 Å². The van der Waals surface area contributed by atoms with Crippen LogP contribution < -0.4 is 5.32 Å². The summed E-state index contributed by atoms with van der Waals surface area (Å²) in [7, 11) is 5.68. The van der Waals surface area contributed by atoms with Crippen molar-refractivity contribution < 1.29 is 9.47 Å². The zero-order chi connectivity index (χ0) is 11.9. The molecule has 0 aromatic heterocycles. The number of hydrogen-bond acceptors (Lipinski definition) is 3. The fourth-order valence-electron chi connectivity index (χ4n) is 2.95. The fourth-order valence-corrected chi connectivity index (χ4v) is 2.95. The molecule has 1 aliphatic carbocycles. The maximum absolute atomic E-state index is 5.86. The molecule has 16 heavy (non-hydrogen) atoms. The highest BCUT2D eigenvalue weighted by molar-refractivity contribution is 4.94. The van der Waals surface area contributed by atoms with E-state index in [9.17, 15) is 0 Å². The molecule has 0 heterocycles. The van der Waals surface area contributed by atoms with Crippen molar-refractivity contribution in [3.8, 4) is 0 Å². The van der Waals surface area contributed by atoms with Crippen LogP contribution in [0.1, 0.15) is 44.9 Å². The third-order valence-corrected chi connectivity index (χ3v) is 3.93. The lowest BCUT2D eigenvalue weighted by molar-refractivity contribution is -0.0688. The maximum atomic E-state index is 5.86. The van der Waals surface area contributed by atoms with Crippen molar-refractivity contribution in [3.63, 3.8) is 0 Å². The highest BCUT2D eigenvalue weighted by atomic mass is 16.5. The summed E-state index contributed by atoms with van der Waals surface area (Å²) < 4.78 is 11.0. The smallest absolute Gasteiger partial charge is 0.0830 e. The Labute approximate surface area is 99.9 Å². The van der Waals surface area contributed by atoms with Crippen molar-refractivity contribution in [2.45, 2.75) is 56.6 Å². The Morgan fingerprint density at radius 3 is 2.38 bits per heavy atom. The van der Waals surface area contributed by atoms with Crippen molar-refractivity contribution >= 4 is 0 Å². The molecule has 1 unspecified atom stereocenters. The first-order valence-corrected chi connectivity index (χ1v) is 6.50. The summed E-state index contributed by atoms with van der Waals surface area (Å²) in [4.78, 5) is 0. The van der Waals surface area contributed by atoms with Crippen LogP contribution in [0, 0.1) is 0 Å². The minimum atomic E-state index is 0.0702. The van der Waals surface area contributed by atoms with E-state index in [-0.39, 0.29) is 5.60 Å². The van der Waals surface area contributed by atoms with Crippen molar-refractivity contribution in [2.75, 3.05) is 27.9 Å². The molecule has 1 rings (SSSR count). The predicted octanol–water partition coefficient (Wildman–Crippen LogP) is 2.35. The van der Waals surface area contributed by atoms with E-state index in [0.717, 1.165) is 19.4 Å². The summed E-state index contributed by atoms with van der Waals surface area (Å²) in [6.45, 7) is 0.845. The van der Waals surface area contributed by atoms with Crippen LogP contribution in [0.15, 0.2) is 0 Å². The molecule has 1 atom stereocenters. The molecule has 0 aliphatic heterocycles. The van der Waals surface area contributed by atoms with E-state index in [2.05, 4.69) is 5.32 Å². The summed E-state index contributed by atoms with van der Waals surface area (Å²) in [6, 6.07) is 0.466. The quantitative estimate of drug-likeness (QED) is 0.680. The third kappa shape index (κ3) is 3.44. The van der Waals surface area contributed by atoms with Gasteiger partial charge in [0.2, 0.25) is 0 Å². The molecule has 1 N–H and O–H groups in total. The molecule has 0 bridgehead atoms. The molecular weight excluding hydrogens is 202 g/mol. The molecule has 0 aromatic carbocycles. The zero-order valence-corrected chi connectivity index (χ0v) is 11.1. The van der Waals surface area contributed by atoms with Crippen LogP contribution in [-0.4, -0.2) is 39.5 Å². The highest BCUT2D eigenvalue weighted by Gasteiger charge is 2.38. The largest absolute Gasteiger partial charge is 0.385 e. The Morgan fingerprint density at radius 2 is 1.88 bits per heavy atom. The minimum absolute atomic E-state index is 0.0702. The predicted molar refractivity (Wildman–Crippen MR) is 66.8 cm³/mol. The normalized spacial score (nSPS) is 21.9. The van der Waals surface area contributed by atoms with Gasteiger partial charge >= 0.3 is 0 Å². The van der Waals surface area contributed by atoms with E-state index in [0.29, 0.717) is 6.04 Å². The Bertz CT molecular complexity index is 179. The summed E-state index contributed by atoms with van der Waals surface area (Å²) in [5.74, 6) is 0. The SMILES string of the molecule is CNC(CCCOC)C1(OC)CCCCC1. The van der Waals surface area contributed by atoms with Gasteiger partial charge in [-0.1, -0.05) is 19.3 Å². The average Bonchev–Trinajstić information content (AvgIpc) is 2.35. The molecule has 3 heteroatoms. The summed E-state index contributed by atoms with van der Waals surface area (Å²) >= 11 is 0. The third-order valence-electron chi connectivity index (χ3n) is 3.93. The standard InChI is InChI=1S/C13H27NO2/c1-14-12(8-7-11-15-2)13(16-3)9-5-4-6-10-13/h12,14H,4-11H2,1-3H3. The molecule has 1 saturated carbocycles. The Kier molecular flexibility index (Phi) is 6.32. The second-order valence-electron chi connectivity index (χ2n) is 4.81. The van der Waals surface area contributed by atoms with E-state index >= 15 is 0 Å². The van der Waals surface area contributed by atoms with Gasteiger partial charge in [0, 0.05) is 26.9 Å². The molecule has 1 aliphatic rings. The average molecular weight is 229 g/mol. The van der Waals surface area contributed by atoms with E-state index in [4.69, 9.17) is 9.47 Å². The van der Waals surface area contributed by atoms with Gasteiger partial charge in [-0.3, -0.25) is 0 Å². The van der Waals surface area contributed by atoms with Crippen LogP contribution in [0.3, 0.4) is 0 Å². The molecule has 0 spiro atoms. The number of hydrogen-bond donors (Lipinski definition) is 1. The van der Waals surface area contributed by atoms with Gasteiger partial charge in [-0.25, -0.2) is 0 Å². The van der Waals surface area contributed by atoms with Crippen LogP contribution in [0.5, 0.6) is 0 Å². The minimum Gasteiger partial charge on any atom is -0.385 e. The molecule has 3 nitrogen and oxygen atoms in total. The lowest BCUT2D eigenvalue weighted by Crippen LogP contribution is -2.52. The fraction of sp³-hybridized carbons (Fsp3) is 1.00. The van der Waals surface area contributed by atoms with Crippen LogP contribution in [0.2, 0.25) is 0 Å². The molecular formula is C13H27NO2. The van der Waals surface area contributed by atoms with Crippen LogP contribution >= 0.6 is 0 Å². The highest BCUT2D eigenvalue weighted by Crippen LogP contribution is 2.35. The second-order valence-corrected chi connectivity index (χ2v) is 4.81. The zero-order valence-electron chi connectivity index (χ0n) is 11.1. The first-order chi connectivity index (χ1) is 7.79. The van der Waals surface area contributed by atoms with Crippen molar-refractivity contribution in [2.24, 2.45) is 0 Å². The van der Waals surface area contributed by atoms with E-state index in [1.807, 2.05) is 14.2 Å². The van der Waals surface area contributed by atoms with Crippen LogP contribution in [0.25, 0.3) is 0 Å². The Hall–Kier alpha value is -0.120. The number of methoxy groups -OCH3 is 2. The van der Waals surface area contributed by atoms with Crippen molar-refractivity contribution in [1.82, 2.24) is 5.32 Å². The van der Waals surface area contributed by atoms with E-state index in [1.165, 1.54) is 32.1 Å². The second kappa shape index (κ2) is 7.25. The summed E-state index contributed by atoms with van der Waals surface area (Å²) in [5.41, 5.74) is 0.0702. The Balaban J connectivity index is 2.51. The first kappa shape index (κ1) is 13.9. The van der Waals surface area contributed by atoms with Gasteiger partial charge < -0.3 is 14.8 Å². The molecule has 0 amide bonds. The van der Waals surface area contributed by atoms with Crippen molar-refractivity contribution in [3.05, 3.63) is 0 Å². The molecule has 96 valence electrons. The first-order valence-electron chi connectivity index (χ1n) is 6.50. The van der Waals surface area contributed by atoms with E-state index in [1.54, 1.807) is 7.11 Å². The summed E-state index contributed by atoms with van der Waals surface area (Å²) in [5, 5.41) is 3.44. The maximum Gasteiger partial charge on any atom is 0.0830 e. The van der Waals surface area contributed by atoms with Gasteiger partial charge in [0.15, 0.2) is 0 Å². The monoisotopic (exact) mass is 229 g/mol. The van der Waals surface area contributed by atoms with Gasteiger partial charge in [-0.05, 0) is 32.7 Å². The number of likely N-dealkylation sites (N-methyl/N-ethyl adjacent to an activating group) is 1. The summed E-state index contributed by atoms with van der Waals surface area (Å²) in [6.07, 6.45) is 8.60. The van der Waals surface area contributed by atoms with Crippen LogP contribution in [0.4, 0.5) is 0 Å². The van der Waals surface area contributed by atoms with E-state index < -0.39 is 0 Å². The topological polar surface area (TPSA) is 30.5 Å². The lowest BCUT2D eigenvalue weighted by Gasteiger charge is -2.42. The number of nitrogens with one attached hydrogen (secondary N) is 1.